The van der Waals surface area contributed by atoms with Gasteiger partial charge in [0.1, 0.15) is 23.5 Å². The van der Waals surface area contributed by atoms with E-state index in [-0.39, 0.29) is 24.2 Å². The fraction of sp³-hybridized carbons (Fsp3) is 0.190. The first-order valence-electron chi connectivity index (χ1n) is 9.90. The van der Waals surface area contributed by atoms with E-state index in [2.05, 4.69) is 25.0 Å². The fourth-order valence-corrected chi connectivity index (χ4v) is 3.94. The van der Waals surface area contributed by atoms with Crippen LogP contribution in [0.1, 0.15) is 12.7 Å². The number of alkyl halides is 1. The summed E-state index contributed by atoms with van der Waals surface area (Å²) >= 11 is 6.25. The van der Waals surface area contributed by atoms with Gasteiger partial charge < -0.3 is 9.88 Å². The van der Waals surface area contributed by atoms with Gasteiger partial charge in [0.25, 0.3) is 5.56 Å². The molecule has 0 fully saturated rings. The number of hydrogen-bond acceptors (Lipinski definition) is 6. The predicted molar refractivity (Wildman–Crippen MR) is 119 cm³/mol. The Bertz CT molecular complexity index is 1460. The molecule has 32 heavy (non-hydrogen) atoms. The van der Waals surface area contributed by atoms with E-state index in [1.54, 1.807) is 29.3 Å². The lowest BCUT2D eigenvalue weighted by Crippen LogP contribution is -2.35. The summed E-state index contributed by atoms with van der Waals surface area (Å²) in [5, 5.41) is 4.94. The predicted octanol–water partition coefficient (Wildman–Crippen LogP) is 3.17. The molecule has 0 bridgehead atoms. The molecule has 1 aromatic carbocycles. The molecular weight excluding hydrogens is 435 g/mol. The van der Waals surface area contributed by atoms with E-state index >= 15 is 0 Å². The zero-order valence-corrected chi connectivity index (χ0v) is 17.7. The summed E-state index contributed by atoms with van der Waals surface area (Å²) in [7, 11) is 0. The second-order valence-electron chi connectivity index (χ2n) is 7.31. The number of fused-ring (bicyclic) bond motifs is 2. The van der Waals surface area contributed by atoms with Crippen LogP contribution in [0.5, 0.6) is 0 Å². The van der Waals surface area contributed by atoms with Gasteiger partial charge in [0.2, 0.25) is 0 Å². The van der Waals surface area contributed by atoms with Gasteiger partial charge in [-0.15, -0.1) is 0 Å². The highest BCUT2D eigenvalue weighted by atomic mass is 35.5. The first-order chi connectivity index (χ1) is 15.5. The minimum absolute atomic E-state index is 0.0280. The average molecular weight is 453 g/mol. The molecule has 1 atom stereocenters. The number of para-hydroxylation sites is 1. The van der Waals surface area contributed by atoms with Crippen LogP contribution in [0.25, 0.3) is 22.4 Å². The maximum absolute atomic E-state index is 14.2. The fourth-order valence-electron chi connectivity index (χ4n) is 3.71. The quantitative estimate of drug-likeness (QED) is 0.425. The summed E-state index contributed by atoms with van der Waals surface area (Å²) in [5.74, 6) is 0.865. The van der Waals surface area contributed by atoms with Gasteiger partial charge in [-0.2, -0.15) is 5.10 Å². The number of hydrogen-bond donors (Lipinski definition) is 1. The van der Waals surface area contributed by atoms with Crippen LogP contribution in [0.15, 0.2) is 60.0 Å². The average Bonchev–Trinajstić information content (AvgIpc) is 3.40. The molecule has 5 aromatic rings. The van der Waals surface area contributed by atoms with Gasteiger partial charge in [0, 0.05) is 6.20 Å². The molecule has 162 valence electrons. The Morgan fingerprint density at radius 1 is 1.19 bits per heavy atom. The SMILES string of the molecule is CC(F)CN(Cc1nn2ccc(Cl)c2c(=O)n1-c1ccccc1)c1ncnc2nc[nH]c12. The third-order valence-corrected chi connectivity index (χ3v) is 5.33. The molecule has 0 aliphatic rings. The third kappa shape index (κ3) is 3.48. The van der Waals surface area contributed by atoms with Crippen LogP contribution in [-0.2, 0) is 6.54 Å². The largest absolute Gasteiger partial charge is 0.344 e. The van der Waals surface area contributed by atoms with Crippen LogP contribution in [0.4, 0.5) is 10.2 Å². The molecule has 0 aliphatic carbocycles. The summed E-state index contributed by atoms with van der Waals surface area (Å²) < 4.78 is 17.1. The van der Waals surface area contributed by atoms with E-state index in [9.17, 15) is 9.18 Å². The van der Waals surface area contributed by atoms with Crippen molar-refractivity contribution < 1.29 is 4.39 Å². The number of imidazole rings is 1. The number of benzene rings is 1. The molecule has 0 saturated carbocycles. The van der Waals surface area contributed by atoms with Crippen LogP contribution in [0.2, 0.25) is 5.02 Å². The number of anilines is 1. The second kappa shape index (κ2) is 8.04. The Balaban J connectivity index is 1.70. The van der Waals surface area contributed by atoms with Gasteiger partial charge in [0.05, 0.1) is 30.1 Å². The van der Waals surface area contributed by atoms with Crippen molar-refractivity contribution >= 4 is 34.1 Å². The highest BCUT2D eigenvalue weighted by molar-refractivity contribution is 6.33. The Morgan fingerprint density at radius 2 is 2.00 bits per heavy atom. The van der Waals surface area contributed by atoms with Crippen LogP contribution in [-0.4, -0.2) is 46.8 Å². The lowest BCUT2D eigenvalue weighted by molar-refractivity contribution is 0.359. The Kier molecular flexibility index (Phi) is 5.06. The smallest absolute Gasteiger partial charge is 0.284 e. The first-order valence-corrected chi connectivity index (χ1v) is 10.3. The Morgan fingerprint density at radius 3 is 2.78 bits per heavy atom. The van der Waals surface area contributed by atoms with Crippen LogP contribution in [0, 0.1) is 0 Å². The zero-order valence-electron chi connectivity index (χ0n) is 17.0. The minimum Gasteiger partial charge on any atom is -0.344 e. The topological polar surface area (TPSA) is 97.0 Å². The third-order valence-electron chi connectivity index (χ3n) is 5.03. The molecule has 4 aromatic heterocycles. The molecule has 0 saturated heterocycles. The molecule has 11 heteroatoms. The van der Waals surface area contributed by atoms with Gasteiger partial charge in [-0.25, -0.2) is 23.9 Å². The molecule has 1 unspecified atom stereocenters. The number of halogens is 2. The number of aromatic amines is 1. The normalized spacial score (nSPS) is 12.5. The molecule has 5 rings (SSSR count). The number of nitrogens with one attached hydrogen (secondary N) is 1. The summed E-state index contributed by atoms with van der Waals surface area (Å²) in [6, 6.07) is 10.7. The van der Waals surface area contributed by atoms with E-state index in [0.29, 0.717) is 33.5 Å². The van der Waals surface area contributed by atoms with Crippen LogP contribution in [0.3, 0.4) is 0 Å². The summed E-state index contributed by atoms with van der Waals surface area (Å²) in [6.45, 7) is 1.60. The number of H-pyrrole nitrogens is 1. The molecule has 0 spiro atoms. The van der Waals surface area contributed by atoms with E-state index in [4.69, 9.17) is 11.6 Å². The van der Waals surface area contributed by atoms with Crippen LogP contribution < -0.4 is 10.5 Å². The molecule has 0 aliphatic heterocycles. The molecule has 0 amide bonds. The van der Waals surface area contributed by atoms with Gasteiger partial charge in [-0.05, 0) is 25.1 Å². The monoisotopic (exact) mass is 452 g/mol. The second-order valence-corrected chi connectivity index (χ2v) is 7.72. The lowest BCUT2D eigenvalue weighted by Gasteiger charge is -2.25. The summed E-state index contributed by atoms with van der Waals surface area (Å²) in [6.07, 6.45) is 3.34. The van der Waals surface area contributed by atoms with Crippen molar-refractivity contribution in [2.24, 2.45) is 0 Å². The van der Waals surface area contributed by atoms with Gasteiger partial charge >= 0.3 is 0 Å². The van der Waals surface area contributed by atoms with Crippen molar-refractivity contribution in [3.8, 4) is 5.69 Å². The van der Waals surface area contributed by atoms with Crippen molar-refractivity contribution in [3.63, 3.8) is 0 Å². The maximum atomic E-state index is 14.2. The highest BCUT2D eigenvalue weighted by Gasteiger charge is 2.22. The van der Waals surface area contributed by atoms with Gasteiger partial charge in [-0.1, -0.05) is 29.8 Å². The van der Waals surface area contributed by atoms with Crippen molar-refractivity contribution in [1.82, 2.24) is 34.1 Å². The van der Waals surface area contributed by atoms with E-state index < -0.39 is 6.17 Å². The highest BCUT2D eigenvalue weighted by Crippen LogP contribution is 2.23. The molecule has 0 radical (unpaired) electrons. The lowest BCUT2D eigenvalue weighted by atomic mass is 10.3. The Hall–Kier alpha value is -3.79. The Labute approximate surface area is 186 Å². The van der Waals surface area contributed by atoms with Gasteiger partial charge in [-0.3, -0.25) is 9.36 Å². The van der Waals surface area contributed by atoms with Crippen LogP contribution >= 0.6 is 11.6 Å². The first kappa shape index (κ1) is 20.1. The van der Waals surface area contributed by atoms with Crippen molar-refractivity contribution in [2.45, 2.75) is 19.6 Å². The van der Waals surface area contributed by atoms with E-state index in [1.807, 2.05) is 18.2 Å². The number of nitrogens with zero attached hydrogens (tertiary/aromatic N) is 7. The molecule has 4 heterocycles. The van der Waals surface area contributed by atoms with Crippen molar-refractivity contribution in [2.75, 3.05) is 11.4 Å². The van der Waals surface area contributed by atoms with E-state index in [1.165, 1.54) is 28.7 Å². The number of rotatable bonds is 6. The summed E-state index contributed by atoms with van der Waals surface area (Å²) in [5.41, 5.74) is 1.61. The molecular formula is C21H18ClFN8O. The maximum Gasteiger partial charge on any atom is 0.284 e. The standard InChI is InChI=1S/C21H18ClFN8O/c1-13(23)9-29(20-17-19(25-11-24-17)26-12-27-20)10-16-28-30-8-7-15(22)18(30)21(32)31(16)14-5-3-2-4-6-14/h2-8,11-13H,9-10H2,1H3,(H,24,25,26,27). The minimum atomic E-state index is -1.16. The van der Waals surface area contributed by atoms with E-state index in [0.717, 1.165) is 0 Å². The van der Waals surface area contributed by atoms with Crippen molar-refractivity contribution in [3.05, 3.63) is 76.5 Å². The van der Waals surface area contributed by atoms with Gasteiger partial charge in [0.15, 0.2) is 17.3 Å². The molecule has 1 N–H and O–H groups in total. The number of aromatic nitrogens is 7. The zero-order chi connectivity index (χ0) is 22.2. The van der Waals surface area contributed by atoms with Crippen molar-refractivity contribution in [1.29, 1.82) is 0 Å². The summed E-state index contributed by atoms with van der Waals surface area (Å²) in [4.78, 5) is 30.8. The molecule has 9 nitrogen and oxygen atoms in total.